The highest BCUT2D eigenvalue weighted by Gasteiger charge is 2.29. The lowest BCUT2D eigenvalue weighted by atomic mass is 10.1. The molecule has 0 saturated carbocycles. The number of ketones is 1. The summed E-state index contributed by atoms with van der Waals surface area (Å²) in [5.41, 5.74) is 0.672. The van der Waals surface area contributed by atoms with E-state index in [9.17, 15) is 4.79 Å². The molecular weight excluding hydrogens is 232 g/mol. The van der Waals surface area contributed by atoms with Gasteiger partial charge >= 0.3 is 0 Å². The molecule has 0 spiro atoms. The molecule has 0 unspecified atom stereocenters. The summed E-state index contributed by atoms with van der Waals surface area (Å²) in [4.78, 5) is 11.4. The van der Waals surface area contributed by atoms with Crippen LogP contribution in [0.2, 0.25) is 38.8 Å². The van der Waals surface area contributed by atoms with Crippen molar-refractivity contribution >= 4 is 22.4 Å². The summed E-state index contributed by atoms with van der Waals surface area (Å²) in [7, 11) is -2.99. The number of allylic oxidation sites excluding steroid dienone is 1. The molecule has 0 aromatic carbocycles. The third-order valence-corrected chi connectivity index (χ3v) is 8.46. The van der Waals surface area contributed by atoms with Gasteiger partial charge in [0.1, 0.15) is 0 Å². The molecule has 94 valence electrons. The number of carbonyl (C=O) groups excluding carboxylic acids is 1. The van der Waals surface area contributed by atoms with E-state index in [0.29, 0.717) is 12.0 Å². The lowest BCUT2D eigenvalue weighted by molar-refractivity contribution is -0.115. The molecule has 0 aliphatic rings. The molecule has 0 aliphatic heterocycles. The van der Waals surface area contributed by atoms with Gasteiger partial charge in [-0.2, -0.15) is 0 Å². The average molecular weight is 259 g/mol. The second-order valence-electron chi connectivity index (χ2n) is 6.03. The molecule has 0 heterocycles. The molecule has 0 N–H and O–H groups in total. The molecule has 16 heavy (non-hydrogen) atoms. The topological polar surface area (TPSA) is 26.3 Å². The molecule has 0 saturated heterocycles. The molecule has 0 aromatic rings. The largest absolute Gasteiger partial charge is 0.456 e. The summed E-state index contributed by atoms with van der Waals surface area (Å²) in [5.74, 6) is 0.192. The van der Waals surface area contributed by atoms with Crippen molar-refractivity contribution in [3.63, 3.8) is 0 Å². The van der Waals surface area contributed by atoms with Gasteiger partial charge < -0.3 is 4.12 Å². The van der Waals surface area contributed by atoms with Crippen LogP contribution in [0.1, 0.15) is 19.8 Å². The second kappa shape index (κ2) is 5.93. The number of Topliss-reactive ketones (excluding diaryl/α,β-unsaturated/α-hetero) is 1. The van der Waals surface area contributed by atoms with E-state index >= 15 is 0 Å². The predicted octanol–water partition coefficient (Wildman–Crippen LogP) is 3.97. The fraction of sp³-hybridized carbons (Fsp3) is 0.750. The Kier molecular flexibility index (Phi) is 5.86. The van der Waals surface area contributed by atoms with E-state index in [-0.39, 0.29) is 5.78 Å². The van der Waals surface area contributed by atoms with Crippen LogP contribution < -0.4 is 0 Å². The SMILES string of the molecule is C=C(C)C(=O)CCC[Si](C)(C)O[Si](C)(C)C. The Labute approximate surface area is 102 Å². The first-order valence-electron chi connectivity index (χ1n) is 5.92. The molecule has 0 aliphatic carbocycles. The van der Waals surface area contributed by atoms with Crippen molar-refractivity contribution in [2.24, 2.45) is 0 Å². The van der Waals surface area contributed by atoms with E-state index in [1.54, 1.807) is 6.92 Å². The zero-order valence-electron chi connectivity index (χ0n) is 11.6. The maximum absolute atomic E-state index is 11.4. The van der Waals surface area contributed by atoms with Crippen molar-refractivity contribution in [2.45, 2.75) is 58.5 Å². The highest BCUT2D eigenvalue weighted by molar-refractivity contribution is 6.84. The van der Waals surface area contributed by atoms with Crippen LogP contribution in [0.25, 0.3) is 0 Å². The molecule has 2 nitrogen and oxygen atoms in total. The molecule has 0 atom stereocenters. The van der Waals surface area contributed by atoms with Crippen molar-refractivity contribution in [3.8, 4) is 0 Å². The molecule has 0 aromatic heterocycles. The predicted molar refractivity (Wildman–Crippen MR) is 75.8 cm³/mol. The summed E-state index contributed by atoms with van der Waals surface area (Å²) >= 11 is 0. The first-order chi connectivity index (χ1) is 7.03. The fourth-order valence-electron chi connectivity index (χ4n) is 1.77. The van der Waals surface area contributed by atoms with Gasteiger partial charge in [-0.3, -0.25) is 4.79 Å². The van der Waals surface area contributed by atoms with Crippen molar-refractivity contribution in [1.29, 1.82) is 0 Å². The average Bonchev–Trinajstić information content (AvgIpc) is 1.98. The summed E-state index contributed by atoms with van der Waals surface area (Å²) in [6.45, 7) is 16.6. The zero-order valence-corrected chi connectivity index (χ0v) is 13.6. The number of carbonyl (C=O) groups is 1. The van der Waals surface area contributed by atoms with Crippen molar-refractivity contribution in [1.82, 2.24) is 0 Å². The first kappa shape index (κ1) is 15.8. The van der Waals surface area contributed by atoms with Crippen molar-refractivity contribution < 1.29 is 8.91 Å². The fourth-order valence-corrected chi connectivity index (χ4v) is 9.84. The monoisotopic (exact) mass is 258 g/mol. The highest BCUT2D eigenvalue weighted by Crippen LogP contribution is 2.21. The van der Waals surface area contributed by atoms with Gasteiger partial charge in [0, 0.05) is 6.42 Å². The zero-order chi connectivity index (χ0) is 13.0. The van der Waals surface area contributed by atoms with Crippen LogP contribution in [-0.4, -0.2) is 22.4 Å². The highest BCUT2D eigenvalue weighted by atomic mass is 28.4. The third-order valence-electron chi connectivity index (χ3n) is 2.24. The van der Waals surface area contributed by atoms with Gasteiger partial charge in [0.05, 0.1) is 0 Å². The van der Waals surface area contributed by atoms with E-state index in [4.69, 9.17) is 4.12 Å². The van der Waals surface area contributed by atoms with Gasteiger partial charge in [0.15, 0.2) is 22.4 Å². The maximum atomic E-state index is 11.4. The van der Waals surface area contributed by atoms with E-state index in [0.717, 1.165) is 12.5 Å². The van der Waals surface area contributed by atoms with E-state index in [2.05, 4.69) is 39.3 Å². The summed E-state index contributed by atoms with van der Waals surface area (Å²) in [6, 6.07) is 1.07. The van der Waals surface area contributed by atoms with E-state index < -0.39 is 16.6 Å². The van der Waals surface area contributed by atoms with Gasteiger partial charge in [-0.05, 0) is 57.7 Å². The maximum Gasteiger partial charge on any atom is 0.173 e. The van der Waals surface area contributed by atoms with Crippen LogP contribution in [0.4, 0.5) is 0 Å². The van der Waals surface area contributed by atoms with Gasteiger partial charge in [-0.25, -0.2) is 0 Å². The van der Waals surface area contributed by atoms with Crippen LogP contribution in [0.3, 0.4) is 0 Å². The van der Waals surface area contributed by atoms with Gasteiger partial charge in [-0.15, -0.1) is 0 Å². The minimum atomic E-state index is -1.56. The molecule has 0 fully saturated rings. The van der Waals surface area contributed by atoms with Crippen LogP contribution in [0.15, 0.2) is 12.2 Å². The number of hydrogen-bond donors (Lipinski definition) is 0. The molecule has 0 rings (SSSR count). The Bertz CT molecular complexity index is 265. The molecular formula is C12H26O2Si2. The number of rotatable bonds is 7. The minimum absolute atomic E-state index is 0.192. The minimum Gasteiger partial charge on any atom is -0.456 e. The summed E-state index contributed by atoms with van der Waals surface area (Å²) in [5, 5.41) is 0. The summed E-state index contributed by atoms with van der Waals surface area (Å²) in [6.07, 6.45) is 1.57. The van der Waals surface area contributed by atoms with Crippen LogP contribution in [0.5, 0.6) is 0 Å². The van der Waals surface area contributed by atoms with Crippen LogP contribution in [-0.2, 0) is 8.91 Å². The summed E-state index contributed by atoms with van der Waals surface area (Å²) < 4.78 is 6.21. The van der Waals surface area contributed by atoms with Crippen LogP contribution in [0, 0.1) is 0 Å². The van der Waals surface area contributed by atoms with Gasteiger partial charge in [0.2, 0.25) is 0 Å². The van der Waals surface area contributed by atoms with Gasteiger partial charge in [0.25, 0.3) is 0 Å². The Morgan fingerprint density at radius 2 is 1.69 bits per heavy atom. The van der Waals surface area contributed by atoms with E-state index in [1.807, 2.05) is 0 Å². The van der Waals surface area contributed by atoms with Gasteiger partial charge in [-0.1, -0.05) is 6.58 Å². The smallest absolute Gasteiger partial charge is 0.173 e. The van der Waals surface area contributed by atoms with Crippen LogP contribution >= 0.6 is 0 Å². The Morgan fingerprint density at radius 3 is 2.06 bits per heavy atom. The molecule has 0 bridgehead atoms. The third kappa shape index (κ3) is 8.01. The normalized spacial score (nSPS) is 12.6. The molecule has 0 radical (unpaired) electrons. The number of hydrogen-bond acceptors (Lipinski definition) is 2. The van der Waals surface area contributed by atoms with E-state index in [1.165, 1.54) is 0 Å². The quantitative estimate of drug-likeness (QED) is 0.510. The van der Waals surface area contributed by atoms with Crippen molar-refractivity contribution in [2.75, 3.05) is 0 Å². The Balaban J connectivity index is 4.01. The van der Waals surface area contributed by atoms with Crippen molar-refractivity contribution in [3.05, 3.63) is 12.2 Å². The second-order valence-corrected chi connectivity index (χ2v) is 15.1. The Hall–Kier alpha value is -0.196. The Morgan fingerprint density at radius 1 is 1.19 bits per heavy atom. The molecule has 0 amide bonds. The first-order valence-corrected chi connectivity index (χ1v) is 12.4. The lowest BCUT2D eigenvalue weighted by Crippen LogP contribution is -2.42. The molecule has 4 heteroatoms. The lowest BCUT2D eigenvalue weighted by Gasteiger charge is -2.31. The standard InChI is InChI=1S/C12H26O2Si2/c1-11(2)12(13)9-8-10-16(6,7)14-15(3,4)5/h1,8-10H2,2-7H3.